The molecule has 82 valence electrons. The maximum atomic E-state index is 10.6. The number of carboxylic acid groups (broad SMARTS) is 1. The van der Waals surface area contributed by atoms with E-state index in [9.17, 15) is 4.79 Å². The van der Waals surface area contributed by atoms with Crippen LogP contribution in [0.5, 0.6) is 5.88 Å². The summed E-state index contributed by atoms with van der Waals surface area (Å²) in [5.41, 5.74) is 0.592. The number of hydrogen-bond donors (Lipinski definition) is 2. The van der Waals surface area contributed by atoms with E-state index in [2.05, 4.69) is 10.3 Å². The molecule has 1 atom stereocenters. The lowest BCUT2D eigenvalue weighted by Crippen LogP contribution is -2.25. The molecule has 0 aromatic carbocycles. The first-order valence-electron chi connectivity index (χ1n) is 4.72. The standard InChI is InChI=1S/C10H14N2O3/c1-3-15-9-8(5-4-6-11-9)12-7(2)10(13)14/h4-7,12H,3H2,1-2H3,(H,13,14). The Balaban J connectivity index is 2.79. The van der Waals surface area contributed by atoms with Gasteiger partial charge in [0.15, 0.2) is 0 Å². The van der Waals surface area contributed by atoms with Gasteiger partial charge in [-0.15, -0.1) is 0 Å². The minimum Gasteiger partial charge on any atom is -0.480 e. The average Bonchev–Trinajstić information content (AvgIpc) is 2.21. The monoisotopic (exact) mass is 210 g/mol. The van der Waals surface area contributed by atoms with Gasteiger partial charge in [-0.3, -0.25) is 4.79 Å². The highest BCUT2D eigenvalue weighted by atomic mass is 16.5. The van der Waals surface area contributed by atoms with Crippen LogP contribution in [0, 0.1) is 0 Å². The van der Waals surface area contributed by atoms with Gasteiger partial charge in [0.2, 0.25) is 5.88 Å². The van der Waals surface area contributed by atoms with Gasteiger partial charge in [-0.05, 0) is 26.0 Å². The van der Waals surface area contributed by atoms with Gasteiger partial charge < -0.3 is 15.2 Å². The lowest BCUT2D eigenvalue weighted by Gasteiger charge is -2.13. The van der Waals surface area contributed by atoms with E-state index in [1.807, 2.05) is 6.92 Å². The average molecular weight is 210 g/mol. The van der Waals surface area contributed by atoms with Crippen molar-refractivity contribution in [2.24, 2.45) is 0 Å². The van der Waals surface area contributed by atoms with Crippen molar-refractivity contribution in [2.75, 3.05) is 11.9 Å². The molecule has 0 spiro atoms. The molecule has 1 aromatic rings. The molecular weight excluding hydrogens is 196 g/mol. The molecule has 5 nitrogen and oxygen atoms in total. The molecule has 2 N–H and O–H groups in total. The maximum absolute atomic E-state index is 10.6. The van der Waals surface area contributed by atoms with Crippen LogP contribution in [-0.4, -0.2) is 28.7 Å². The number of nitrogens with zero attached hydrogens (tertiary/aromatic N) is 1. The Labute approximate surface area is 88.1 Å². The van der Waals surface area contributed by atoms with Gasteiger partial charge in [-0.1, -0.05) is 0 Å². The number of rotatable bonds is 5. The predicted octanol–water partition coefficient (Wildman–Crippen LogP) is 1.37. The minimum atomic E-state index is -0.915. The second-order valence-corrected chi connectivity index (χ2v) is 2.99. The van der Waals surface area contributed by atoms with Gasteiger partial charge in [0.05, 0.1) is 12.3 Å². The molecule has 15 heavy (non-hydrogen) atoms. The summed E-state index contributed by atoms with van der Waals surface area (Å²) >= 11 is 0. The van der Waals surface area contributed by atoms with Crippen molar-refractivity contribution < 1.29 is 14.6 Å². The second kappa shape index (κ2) is 5.19. The highest BCUT2D eigenvalue weighted by Gasteiger charge is 2.13. The zero-order chi connectivity index (χ0) is 11.3. The van der Waals surface area contributed by atoms with Crippen LogP contribution in [0.1, 0.15) is 13.8 Å². The van der Waals surface area contributed by atoms with Crippen LogP contribution in [0.25, 0.3) is 0 Å². The summed E-state index contributed by atoms with van der Waals surface area (Å²) in [6.45, 7) is 3.90. The van der Waals surface area contributed by atoms with Crippen LogP contribution in [0.4, 0.5) is 5.69 Å². The highest BCUT2D eigenvalue weighted by molar-refractivity contribution is 5.77. The van der Waals surface area contributed by atoms with E-state index < -0.39 is 12.0 Å². The molecule has 0 bridgehead atoms. The minimum absolute atomic E-state index is 0.424. The Morgan fingerprint density at radius 3 is 3.07 bits per heavy atom. The van der Waals surface area contributed by atoms with Gasteiger partial charge in [0.25, 0.3) is 0 Å². The zero-order valence-corrected chi connectivity index (χ0v) is 8.73. The molecule has 1 rings (SSSR count). The van der Waals surface area contributed by atoms with Crippen LogP contribution < -0.4 is 10.1 Å². The first-order valence-corrected chi connectivity index (χ1v) is 4.72. The SMILES string of the molecule is CCOc1ncccc1NC(C)C(=O)O. The van der Waals surface area contributed by atoms with Crippen molar-refractivity contribution in [3.05, 3.63) is 18.3 Å². The summed E-state index contributed by atoms with van der Waals surface area (Å²) in [7, 11) is 0. The molecule has 1 heterocycles. The van der Waals surface area contributed by atoms with Crippen molar-refractivity contribution in [1.82, 2.24) is 4.98 Å². The van der Waals surface area contributed by atoms with Gasteiger partial charge in [0, 0.05) is 6.20 Å². The van der Waals surface area contributed by atoms with Gasteiger partial charge in [0.1, 0.15) is 6.04 Å². The molecule has 0 aliphatic carbocycles. The Morgan fingerprint density at radius 2 is 2.47 bits per heavy atom. The number of pyridine rings is 1. The summed E-state index contributed by atoms with van der Waals surface area (Å²) in [5.74, 6) is -0.491. The Kier molecular flexibility index (Phi) is 3.91. The summed E-state index contributed by atoms with van der Waals surface area (Å²) in [6, 6.07) is 2.78. The fourth-order valence-corrected chi connectivity index (χ4v) is 1.05. The largest absolute Gasteiger partial charge is 0.480 e. The Hall–Kier alpha value is -1.78. The van der Waals surface area contributed by atoms with Crippen molar-refractivity contribution in [3.63, 3.8) is 0 Å². The first kappa shape index (κ1) is 11.3. The van der Waals surface area contributed by atoms with E-state index in [1.54, 1.807) is 25.3 Å². The normalized spacial score (nSPS) is 11.9. The van der Waals surface area contributed by atoms with E-state index in [1.165, 1.54) is 0 Å². The molecule has 0 saturated heterocycles. The third-order valence-corrected chi connectivity index (χ3v) is 1.79. The Morgan fingerprint density at radius 1 is 1.73 bits per heavy atom. The molecule has 1 unspecified atom stereocenters. The van der Waals surface area contributed by atoms with Gasteiger partial charge in [-0.2, -0.15) is 0 Å². The molecule has 0 fully saturated rings. The smallest absolute Gasteiger partial charge is 0.325 e. The molecule has 5 heteroatoms. The van der Waals surface area contributed by atoms with E-state index in [4.69, 9.17) is 9.84 Å². The van der Waals surface area contributed by atoms with Crippen molar-refractivity contribution >= 4 is 11.7 Å². The number of hydrogen-bond acceptors (Lipinski definition) is 4. The van der Waals surface area contributed by atoms with Crippen LogP contribution in [0.3, 0.4) is 0 Å². The van der Waals surface area contributed by atoms with E-state index in [0.29, 0.717) is 18.2 Å². The summed E-state index contributed by atoms with van der Waals surface area (Å²) in [5, 5.41) is 11.5. The number of aromatic nitrogens is 1. The predicted molar refractivity (Wildman–Crippen MR) is 56.1 cm³/mol. The molecular formula is C10H14N2O3. The van der Waals surface area contributed by atoms with Crippen molar-refractivity contribution in [3.8, 4) is 5.88 Å². The highest BCUT2D eigenvalue weighted by Crippen LogP contribution is 2.21. The third-order valence-electron chi connectivity index (χ3n) is 1.79. The van der Waals surface area contributed by atoms with Crippen molar-refractivity contribution in [2.45, 2.75) is 19.9 Å². The van der Waals surface area contributed by atoms with Crippen molar-refractivity contribution in [1.29, 1.82) is 0 Å². The summed E-state index contributed by atoms with van der Waals surface area (Å²) in [6.07, 6.45) is 1.60. The van der Waals surface area contributed by atoms with Gasteiger partial charge in [-0.25, -0.2) is 4.98 Å². The Bertz CT molecular complexity index is 341. The van der Waals surface area contributed by atoms with Crippen LogP contribution in [0.15, 0.2) is 18.3 Å². The fraction of sp³-hybridized carbons (Fsp3) is 0.400. The summed E-state index contributed by atoms with van der Waals surface area (Å²) in [4.78, 5) is 14.7. The number of carboxylic acids is 1. The number of ether oxygens (including phenoxy) is 1. The quantitative estimate of drug-likeness (QED) is 0.767. The number of carbonyl (C=O) groups is 1. The van der Waals surface area contributed by atoms with Gasteiger partial charge >= 0.3 is 5.97 Å². The maximum Gasteiger partial charge on any atom is 0.325 e. The third kappa shape index (κ3) is 3.12. The van der Waals surface area contributed by atoms with E-state index >= 15 is 0 Å². The molecule has 1 aromatic heterocycles. The number of nitrogens with one attached hydrogen (secondary N) is 1. The molecule has 0 saturated carbocycles. The summed E-state index contributed by atoms with van der Waals surface area (Å²) < 4.78 is 5.25. The van der Waals surface area contributed by atoms with Crippen LogP contribution in [-0.2, 0) is 4.79 Å². The van der Waals surface area contributed by atoms with Crippen LogP contribution in [0.2, 0.25) is 0 Å². The lowest BCUT2D eigenvalue weighted by molar-refractivity contribution is -0.137. The topological polar surface area (TPSA) is 71.5 Å². The molecule has 0 aliphatic rings. The zero-order valence-electron chi connectivity index (χ0n) is 8.73. The second-order valence-electron chi connectivity index (χ2n) is 2.99. The lowest BCUT2D eigenvalue weighted by atomic mass is 10.3. The van der Waals surface area contributed by atoms with E-state index in [-0.39, 0.29) is 0 Å². The molecule has 0 radical (unpaired) electrons. The molecule has 0 amide bonds. The fourth-order valence-electron chi connectivity index (χ4n) is 1.05. The number of anilines is 1. The van der Waals surface area contributed by atoms with Crippen LogP contribution >= 0.6 is 0 Å². The first-order chi connectivity index (χ1) is 7.15. The molecule has 0 aliphatic heterocycles. The van der Waals surface area contributed by atoms with E-state index in [0.717, 1.165) is 0 Å². The number of aliphatic carboxylic acids is 1.